The highest BCUT2D eigenvalue weighted by atomic mass is 16.5. The smallest absolute Gasteiger partial charge is 0.254 e. The number of hydrogen-bond donors (Lipinski definition) is 1. The van der Waals surface area contributed by atoms with E-state index in [9.17, 15) is 4.79 Å². The molecule has 0 saturated carbocycles. The van der Waals surface area contributed by atoms with Crippen LogP contribution in [0, 0.1) is 0 Å². The molecule has 6 nitrogen and oxygen atoms in total. The van der Waals surface area contributed by atoms with Crippen LogP contribution in [-0.2, 0) is 9.53 Å². The third-order valence-electron chi connectivity index (χ3n) is 3.72. The van der Waals surface area contributed by atoms with Gasteiger partial charge in [-0.3, -0.25) is 4.79 Å². The summed E-state index contributed by atoms with van der Waals surface area (Å²) in [5, 5.41) is 8.76. The zero-order valence-corrected chi connectivity index (χ0v) is 14.2. The fourth-order valence-electron chi connectivity index (χ4n) is 2.50. The zero-order chi connectivity index (χ0) is 17.6. The number of nitrogens with zero attached hydrogens (tertiary/aromatic N) is 2. The molecular formula is C18H24N2O4. The van der Waals surface area contributed by atoms with Crippen LogP contribution in [0.15, 0.2) is 41.9 Å². The largest absolute Gasteiger partial charge is 0.494 e. The van der Waals surface area contributed by atoms with Crippen LogP contribution in [0.3, 0.4) is 0 Å². The minimum Gasteiger partial charge on any atom is -0.494 e. The van der Waals surface area contributed by atoms with Crippen molar-refractivity contribution in [1.29, 1.82) is 0 Å². The van der Waals surface area contributed by atoms with Crippen molar-refractivity contribution in [2.45, 2.75) is 18.4 Å². The van der Waals surface area contributed by atoms with Crippen molar-refractivity contribution in [3.63, 3.8) is 0 Å². The van der Waals surface area contributed by atoms with Gasteiger partial charge in [0.2, 0.25) is 5.90 Å². The molecule has 0 radical (unpaired) electrons. The molecule has 0 unspecified atom stereocenters. The molecule has 130 valence electrons. The maximum atomic E-state index is 12.5. The lowest BCUT2D eigenvalue weighted by Crippen LogP contribution is -2.45. The molecule has 0 spiro atoms. The maximum absolute atomic E-state index is 12.5. The molecule has 1 aromatic rings. The van der Waals surface area contributed by atoms with Gasteiger partial charge in [-0.05, 0) is 24.3 Å². The minimum absolute atomic E-state index is 0.0960. The highest BCUT2D eigenvalue weighted by Gasteiger charge is 2.44. The first-order valence-corrected chi connectivity index (χ1v) is 7.92. The first kappa shape index (κ1) is 18.0. The highest BCUT2D eigenvalue weighted by molar-refractivity contribution is 6.00. The van der Waals surface area contributed by atoms with Crippen LogP contribution in [0.25, 0.3) is 0 Å². The van der Waals surface area contributed by atoms with Gasteiger partial charge in [0.15, 0.2) is 5.54 Å². The van der Waals surface area contributed by atoms with Crippen LogP contribution in [-0.4, -0.2) is 61.3 Å². The SMILES string of the molecule is C=CC[C@]1(C(=O)N(C)C)COC(c2ccc(OCCCO)cc2)=N1. The number of amides is 1. The Bertz CT molecular complexity index is 610. The molecule has 2 rings (SSSR count). The summed E-state index contributed by atoms with van der Waals surface area (Å²) in [6.45, 7) is 4.50. The highest BCUT2D eigenvalue weighted by Crippen LogP contribution is 2.28. The van der Waals surface area contributed by atoms with Gasteiger partial charge >= 0.3 is 0 Å². The average Bonchev–Trinajstić information content (AvgIpc) is 3.00. The summed E-state index contributed by atoms with van der Waals surface area (Å²) >= 11 is 0. The summed E-state index contributed by atoms with van der Waals surface area (Å²) < 4.78 is 11.2. The average molecular weight is 332 g/mol. The Labute approximate surface area is 142 Å². The molecule has 1 N–H and O–H groups in total. The van der Waals surface area contributed by atoms with Crippen molar-refractivity contribution in [2.75, 3.05) is 33.9 Å². The Morgan fingerprint density at radius 3 is 2.75 bits per heavy atom. The lowest BCUT2D eigenvalue weighted by Gasteiger charge is -2.24. The fraction of sp³-hybridized carbons (Fsp3) is 0.444. The van der Waals surface area contributed by atoms with Crippen LogP contribution >= 0.6 is 0 Å². The van der Waals surface area contributed by atoms with Crippen molar-refractivity contribution >= 4 is 11.8 Å². The van der Waals surface area contributed by atoms with Gasteiger partial charge in [-0.2, -0.15) is 0 Å². The van der Waals surface area contributed by atoms with Gasteiger partial charge in [-0.1, -0.05) is 6.08 Å². The van der Waals surface area contributed by atoms with E-state index >= 15 is 0 Å². The molecule has 1 aromatic carbocycles. The molecule has 1 heterocycles. The molecule has 1 atom stereocenters. The Hall–Kier alpha value is -2.34. The number of benzene rings is 1. The van der Waals surface area contributed by atoms with Crippen LogP contribution in [0.5, 0.6) is 5.75 Å². The summed E-state index contributed by atoms with van der Waals surface area (Å²) in [7, 11) is 3.42. The van der Waals surface area contributed by atoms with E-state index in [4.69, 9.17) is 14.6 Å². The first-order chi connectivity index (χ1) is 11.5. The van der Waals surface area contributed by atoms with E-state index in [1.807, 2.05) is 24.3 Å². The third-order valence-corrected chi connectivity index (χ3v) is 3.72. The standard InChI is InChI=1S/C18H24N2O4/c1-4-10-18(17(22)20(2)3)13-24-16(19-18)14-6-8-15(9-7-14)23-12-5-11-21/h4,6-9,21H,1,5,10-13H2,2-3H3/t18-/m1/s1. The Balaban J connectivity index is 2.16. The molecule has 0 aliphatic carbocycles. The van der Waals surface area contributed by atoms with Crippen molar-refractivity contribution < 1.29 is 19.4 Å². The van der Waals surface area contributed by atoms with E-state index in [-0.39, 0.29) is 19.1 Å². The molecular weight excluding hydrogens is 308 g/mol. The summed E-state index contributed by atoms with van der Waals surface area (Å²) in [5.41, 5.74) is -0.140. The second-order valence-electron chi connectivity index (χ2n) is 5.88. The first-order valence-electron chi connectivity index (χ1n) is 7.92. The second-order valence-corrected chi connectivity index (χ2v) is 5.88. The van der Waals surface area contributed by atoms with Crippen molar-refractivity contribution in [3.8, 4) is 5.75 Å². The summed E-state index contributed by atoms with van der Waals surface area (Å²) in [6, 6.07) is 7.33. The normalized spacial score (nSPS) is 19.4. The molecule has 1 aliphatic heterocycles. The monoisotopic (exact) mass is 332 g/mol. The lowest BCUT2D eigenvalue weighted by atomic mass is 9.96. The number of likely N-dealkylation sites (N-methyl/N-ethyl adjacent to an activating group) is 1. The maximum Gasteiger partial charge on any atom is 0.254 e. The number of aliphatic imine (C=N–C) groups is 1. The molecule has 0 aromatic heterocycles. The number of carbonyl (C=O) groups excluding carboxylic acids is 1. The summed E-state index contributed by atoms with van der Waals surface area (Å²) in [5.74, 6) is 1.07. The third kappa shape index (κ3) is 3.94. The predicted octanol–water partition coefficient (Wildman–Crippen LogP) is 1.63. The Morgan fingerprint density at radius 2 is 2.17 bits per heavy atom. The number of rotatable bonds is 8. The number of aliphatic hydroxyl groups excluding tert-OH is 1. The van der Waals surface area contributed by atoms with Crippen LogP contribution in [0.4, 0.5) is 0 Å². The molecule has 0 saturated heterocycles. The topological polar surface area (TPSA) is 71.4 Å². The fourth-order valence-corrected chi connectivity index (χ4v) is 2.50. The molecule has 1 aliphatic rings. The number of hydrogen-bond acceptors (Lipinski definition) is 5. The van der Waals surface area contributed by atoms with E-state index in [2.05, 4.69) is 11.6 Å². The van der Waals surface area contributed by atoms with Gasteiger partial charge in [0, 0.05) is 39.1 Å². The molecule has 6 heteroatoms. The molecule has 0 bridgehead atoms. The molecule has 24 heavy (non-hydrogen) atoms. The van der Waals surface area contributed by atoms with E-state index < -0.39 is 5.54 Å². The van der Waals surface area contributed by atoms with Gasteiger partial charge < -0.3 is 19.5 Å². The predicted molar refractivity (Wildman–Crippen MR) is 92.4 cm³/mol. The second kappa shape index (κ2) is 7.97. The molecule has 0 fully saturated rings. The van der Waals surface area contributed by atoms with Gasteiger partial charge in [0.1, 0.15) is 12.4 Å². The zero-order valence-electron chi connectivity index (χ0n) is 14.2. The van der Waals surface area contributed by atoms with Crippen molar-refractivity contribution in [1.82, 2.24) is 4.90 Å². The summed E-state index contributed by atoms with van der Waals surface area (Å²) in [6.07, 6.45) is 2.71. The minimum atomic E-state index is -0.934. The van der Waals surface area contributed by atoms with Crippen LogP contribution in [0.2, 0.25) is 0 Å². The van der Waals surface area contributed by atoms with E-state index in [0.717, 1.165) is 5.56 Å². The lowest BCUT2D eigenvalue weighted by molar-refractivity contribution is -0.134. The van der Waals surface area contributed by atoms with Crippen molar-refractivity contribution in [2.24, 2.45) is 4.99 Å². The van der Waals surface area contributed by atoms with Gasteiger partial charge in [-0.25, -0.2) is 4.99 Å². The van der Waals surface area contributed by atoms with E-state index in [1.54, 1.807) is 20.2 Å². The number of carbonyl (C=O) groups is 1. The van der Waals surface area contributed by atoms with E-state index in [1.165, 1.54) is 4.90 Å². The van der Waals surface area contributed by atoms with Gasteiger partial charge in [0.05, 0.1) is 6.61 Å². The van der Waals surface area contributed by atoms with Gasteiger partial charge in [-0.15, -0.1) is 6.58 Å². The Morgan fingerprint density at radius 1 is 1.46 bits per heavy atom. The molecule has 1 amide bonds. The number of ether oxygens (including phenoxy) is 2. The van der Waals surface area contributed by atoms with Crippen molar-refractivity contribution in [3.05, 3.63) is 42.5 Å². The Kier molecular flexibility index (Phi) is 5.98. The van der Waals surface area contributed by atoms with Gasteiger partial charge in [0.25, 0.3) is 5.91 Å². The van der Waals surface area contributed by atoms with E-state index in [0.29, 0.717) is 31.1 Å². The van der Waals surface area contributed by atoms with Crippen LogP contribution in [0.1, 0.15) is 18.4 Å². The summed E-state index contributed by atoms with van der Waals surface area (Å²) in [4.78, 5) is 18.6. The quantitative estimate of drug-likeness (QED) is 0.580. The number of aliphatic hydroxyl groups is 1. The van der Waals surface area contributed by atoms with Crippen LogP contribution < -0.4 is 4.74 Å².